The number of amides is 2. The zero-order valence-corrected chi connectivity index (χ0v) is 12.9. The topological polar surface area (TPSA) is 119 Å². The summed E-state index contributed by atoms with van der Waals surface area (Å²) in [6.45, 7) is 4.31. The molecule has 0 fully saturated rings. The quantitative estimate of drug-likeness (QED) is 0.758. The fourth-order valence-electron chi connectivity index (χ4n) is 2.19. The molecule has 0 radical (unpaired) electrons. The molecule has 1 atom stereocenters. The minimum absolute atomic E-state index is 0.0772. The van der Waals surface area contributed by atoms with Crippen LogP contribution in [0.4, 0.5) is 5.82 Å². The predicted molar refractivity (Wildman–Crippen MR) is 78.4 cm³/mol. The van der Waals surface area contributed by atoms with Crippen LogP contribution < -0.4 is 10.6 Å². The van der Waals surface area contributed by atoms with Gasteiger partial charge in [0.05, 0.1) is 12.8 Å². The van der Waals surface area contributed by atoms with Gasteiger partial charge in [0.2, 0.25) is 5.91 Å². The van der Waals surface area contributed by atoms with E-state index < -0.39 is 23.8 Å². The number of nitrogens with zero attached hydrogens (tertiary/aromatic N) is 2. The molecule has 1 unspecified atom stereocenters. The van der Waals surface area contributed by atoms with Gasteiger partial charge in [0, 0.05) is 18.7 Å². The summed E-state index contributed by atoms with van der Waals surface area (Å²) in [6, 6.07) is -1.08. The summed E-state index contributed by atoms with van der Waals surface area (Å²) in [5.74, 6) is -1.96. The van der Waals surface area contributed by atoms with Crippen molar-refractivity contribution in [3.05, 3.63) is 23.5 Å². The van der Waals surface area contributed by atoms with Crippen molar-refractivity contribution in [2.24, 2.45) is 0 Å². The van der Waals surface area contributed by atoms with Gasteiger partial charge in [-0.1, -0.05) is 0 Å². The minimum Gasteiger partial charge on any atom is -0.464 e. The molecule has 0 saturated carbocycles. The Hall–Kier alpha value is -2.97. The van der Waals surface area contributed by atoms with Gasteiger partial charge in [-0.15, -0.1) is 0 Å². The summed E-state index contributed by atoms with van der Waals surface area (Å²) >= 11 is 0. The van der Waals surface area contributed by atoms with Gasteiger partial charge in [-0.2, -0.15) is 5.10 Å². The Morgan fingerprint density at radius 2 is 2.04 bits per heavy atom. The fourth-order valence-corrected chi connectivity index (χ4v) is 2.19. The average Bonchev–Trinajstić information content (AvgIpc) is 2.89. The molecule has 9 nitrogen and oxygen atoms in total. The number of rotatable bonds is 4. The first-order valence-electron chi connectivity index (χ1n) is 6.90. The molecule has 2 amide bonds. The van der Waals surface area contributed by atoms with Gasteiger partial charge < -0.3 is 10.1 Å². The Balaban J connectivity index is 2.45. The second-order valence-corrected chi connectivity index (χ2v) is 4.82. The molecule has 1 aliphatic rings. The maximum Gasteiger partial charge on any atom is 0.335 e. The third-order valence-electron chi connectivity index (χ3n) is 3.15. The summed E-state index contributed by atoms with van der Waals surface area (Å²) in [6.07, 6.45) is 2.55. The lowest BCUT2D eigenvalue weighted by Crippen LogP contribution is -2.33. The Labute approximate surface area is 131 Å². The molecule has 9 heteroatoms. The second-order valence-electron chi connectivity index (χ2n) is 4.82. The van der Waals surface area contributed by atoms with Crippen molar-refractivity contribution in [3.8, 4) is 0 Å². The molecule has 0 saturated heterocycles. The number of Topliss-reactive ketones (excluding diaryl/α,β-unsaturated/α-hetero) is 1. The van der Waals surface area contributed by atoms with Crippen molar-refractivity contribution in [2.45, 2.75) is 26.8 Å². The van der Waals surface area contributed by atoms with Crippen molar-refractivity contribution < 1.29 is 23.9 Å². The Morgan fingerprint density at radius 3 is 2.61 bits per heavy atom. The van der Waals surface area contributed by atoms with E-state index in [2.05, 4.69) is 15.7 Å². The first-order chi connectivity index (χ1) is 10.9. The molecule has 2 N–H and O–H groups in total. The van der Waals surface area contributed by atoms with Crippen molar-refractivity contribution >= 4 is 29.4 Å². The van der Waals surface area contributed by atoms with Crippen molar-refractivity contribution in [2.75, 3.05) is 11.9 Å². The molecule has 0 bridgehead atoms. The number of hydrogen-bond donors (Lipinski definition) is 2. The number of ether oxygens (including phenoxy) is 1. The van der Waals surface area contributed by atoms with Crippen LogP contribution in [0.5, 0.6) is 0 Å². The van der Waals surface area contributed by atoms with Gasteiger partial charge in [0.1, 0.15) is 11.4 Å². The summed E-state index contributed by atoms with van der Waals surface area (Å²) in [5.41, 5.74) is 0.242. The van der Waals surface area contributed by atoms with Gasteiger partial charge in [-0.3, -0.25) is 19.7 Å². The minimum atomic E-state index is -1.08. The number of anilines is 1. The zero-order chi connectivity index (χ0) is 17.1. The van der Waals surface area contributed by atoms with Crippen LogP contribution in [0.1, 0.15) is 37.2 Å². The molecule has 23 heavy (non-hydrogen) atoms. The smallest absolute Gasteiger partial charge is 0.335 e. The summed E-state index contributed by atoms with van der Waals surface area (Å²) in [7, 11) is 0. The van der Waals surface area contributed by atoms with Gasteiger partial charge in [-0.05, 0) is 13.8 Å². The van der Waals surface area contributed by atoms with Gasteiger partial charge in [-0.25, -0.2) is 9.48 Å². The number of carbonyl (C=O) groups is 4. The SMILES string of the molecule is CCOC(=O)C1C(C(C)=O)=CNc2c(C(=O)NC(C)=O)cnn21. The van der Waals surface area contributed by atoms with E-state index in [0.29, 0.717) is 0 Å². The highest BCUT2D eigenvalue weighted by atomic mass is 16.5. The highest BCUT2D eigenvalue weighted by molar-refractivity contribution is 6.08. The monoisotopic (exact) mass is 320 g/mol. The van der Waals surface area contributed by atoms with E-state index >= 15 is 0 Å². The summed E-state index contributed by atoms with van der Waals surface area (Å²) in [4.78, 5) is 46.9. The number of esters is 1. The third kappa shape index (κ3) is 3.12. The lowest BCUT2D eigenvalue weighted by Gasteiger charge is -2.24. The van der Waals surface area contributed by atoms with Crippen molar-refractivity contribution in [1.29, 1.82) is 0 Å². The van der Waals surface area contributed by atoms with Crippen LogP contribution in [0.25, 0.3) is 0 Å². The number of ketones is 1. The average molecular weight is 320 g/mol. The van der Waals surface area contributed by atoms with Crippen LogP contribution >= 0.6 is 0 Å². The Bertz CT molecular complexity index is 719. The van der Waals surface area contributed by atoms with Crippen LogP contribution in [0.3, 0.4) is 0 Å². The molecule has 0 spiro atoms. The van der Waals surface area contributed by atoms with E-state index in [1.54, 1.807) is 6.92 Å². The lowest BCUT2D eigenvalue weighted by molar-refractivity contribution is -0.146. The summed E-state index contributed by atoms with van der Waals surface area (Å²) < 4.78 is 6.18. The Kier molecular flexibility index (Phi) is 4.58. The van der Waals surface area contributed by atoms with E-state index in [4.69, 9.17) is 4.74 Å². The van der Waals surface area contributed by atoms with E-state index in [9.17, 15) is 19.2 Å². The first kappa shape index (κ1) is 16.4. The number of hydrogen-bond acceptors (Lipinski definition) is 7. The van der Waals surface area contributed by atoms with E-state index in [0.717, 1.165) is 0 Å². The van der Waals surface area contributed by atoms with Crippen LogP contribution in [0.2, 0.25) is 0 Å². The molecule has 0 aliphatic carbocycles. The van der Waals surface area contributed by atoms with Crippen LogP contribution in [-0.2, 0) is 19.1 Å². The van der Waals surface area contributed by atoms with E-state index in [1.165, 1.54) is 30.9 Å². The maximum absolute atomic E-state index is 12.2. The van der Waals surface area contributed by atoms with Crippen molar-refractivity contribution in [1.82, 2.24) is 15.1 Å². The molecule has 1 aromatic rings. The number of nitrogens with one attached hydrogen (secondary N) is 2. The molecular weight excluding hydrogens is 304 g/mol. The normalized spacial score (nSPS) is 15.8. The first-order valence-corrected chi connectivity index (χ1v) is 6.90. The second kappa shape index (κ2) is 6.42. The van der Waals surface area contributed by atoms with Crippen LogP contribution in [-0.4, -0.2) is 40.0 Å². The molecule has 1 aromatic heterocycles. The van der Waals surface area contributed by atoms with Gasteiger partial charge >= 0.3 is 5.97 Å². The number of carbonyl (C=O) groups excluding carboxylic acids is 4. The highest BCUT2D eigenvalue weighted by Gasteiger charge is 2.36. The molecule has 1 aliphatic heterocycles. The number of aromatic nitrogens is 2. The zero-order valence-electron chi connectivity index (χ0n) is 12.9. The standard InChI is InChI=1S/C14H16N4O5/c1-4-23-14(22)11-9(7(2)19)5-15-12-10(6-16-18(11)12)13(21)17-8(3)20/h5-6,11,15H,4H2,1-3H3,(H,17,20,21). The van der Waals surface area contributed by atoms with Crippen LogP contribution in [0.15, 0.2) is 18.0 Å². The highest BCUT2D eigenvalue weighted by Crippen LogP contribution is 2.30. The van der Waals surface area contributed by atoms with Crippen molar-refractivity contribution in [3.63, 3.8) is 0 Å². The molecule has 0 aromatic carbocycles. The van der Waals surface area contributed by atoms with E-state index in [-0.39, 0.29) is 29.3 Å². The fraction of sp³-hybridized carbons (Fsp3) is 0.357. The molecular formula is C14H16N4O5. The van der Waals surface area contributed by atoms with Gasteiger partial charge in [0.25, 0.3) is 5.91 Å². The largest absolute Gasteiger partial charge is 0.464 e. The van der Waals surface area contributed by atoms with Gasteiger partial charge in [0.15, 0.2) is 11.8 Å². The number of fused-ring (bicyclic) bond motifs is 1. The summed E-state index contributed by atoms with van der Waals surface area (Å²) in [5, 5.41) is 8.88. The maximum atomic E-state index is 12.2. The Morgan fingerprint density at radius 1 is 1.35 bits per heavy atom. The third-order valence-corrected chi connectivity index (χ3v) is 3.15. The molecule has 122 valence electrons. The molecule has 2 heterocycles. The lowest BCUT2D eigenvalue weighted by atomic mass is 10.0. The predicted octanol–water partition coefficient (Wildman–Crippen LogP) is 0.162. The number of imide groups is 1. The van der Waals surface area contributed by atoms with E-state index in [1.807, 2.05) is 0 Å². The molecule has 2 rings (SSSR count). The van der Waals surface area contributed by atoms with Crippen LogP contribution in [0, 0.1) is 0 Å².